The minimum Gasteiger partial charge on any atom is -0.339 e. The van der Waals surface area contributed by atoms with Gasteiger partial charge in [0.1, 0.15) is 0 Å². The topological polar surface area (TPSA) is 51.0 Å². The fraction of sp³-hybridized carbons (Fsp3) is 0.429. The summed E-state index contributed by atoms with van der Waals surface area (Å²) >= 11 is 3.56. The number of aryl methyl sites for hydroxylation is 1. The Bertz CT molecular complexity index is 576. The Morgan fingerprint density at radius 1 is 1.42 bits per heavy atom. The van der Waals surface area contributed by atoms with Crippen molar-refractivity contribution in [2.75, 3.05) is 13.1 Å². The lowest BCUT2D eigenvalue weighted by molar-refractivity contribution is 0.322. The van der Waals surface area contributed by atoms with E-state index in [9.17, 15) is 0 Å². The summed E-state index contributed by atoms with van der Waals surface area (Å²) in [5, 5.41) is 7.47. The molecule has 1 fully saturated rings. The van der Waals surface area contributed by atoms with E-state index in [4.69, 9.17) is 4.52 Å². The molecular weight excluding hydrogens is 306 g/mol. The maximum Gasteiger partial charge on any atom is 0.231 e. The van der Waals surface area contributed by atoms with Crippen LogP contribution < -0.4 is 5.32 Å². The van der Waals surface area contributed by atoms with E-state index in [0.717, 1.165) is 41.9 Å². The van der Waals surface area contributed by atoms with Gasteiger partial charge >= 0.3 is 0 Å². The maximum absolute atomic E-state index is 5.42. The van der Waals surface area contributed by atoms with Gasteiger partial charge in [-0.1, -0.05) is 27.2 Å². The first-order valence-corrected chi connectivity index (χ1v) is 7.34. The summed E-state index contributed by atoms with van der Waals surface area (Å²) in [5.74, 6) is 1.75. The first-order valence-electron chi connectivity index (χ1n) is 6.55. The number of benzene rings is 1. The van der Waals surface area contributed by atoms with Gasteiger partial charge in [-0.25, -0.2) is 0 Å². The van der Waals surface area contributed by atoms with E-state index in [1.54, 1.807) is 0 Å². The molecule has 0 aliphatic carbocycles. The van der Waals surface area contributed by atoms with Gasteiger partial charge < -0.3 is 9.84 Å². The summed E-state index contributed by atoms with van der Waals surface area (Å²) in [6.07, 6.45) is 2.28. The first kappa shape index (κ1) is 12.8. The highest BCUT2D eigenvalue weighted by Gasteiger charge is 2.22. The number of nitrogens with one attached hydrogen (secondary N) is 1. The summed E-state index contributed by atoms with van der Waals surface area (Å²) in [5.41, 5.74) is 2.18. The van der Waals surface area contributed by atoms with Crippen molar-refractivity contribution in [3.8, 4) is 11.4 Å². The van der Waals surface area contributed by atoms with Gasteiger partial charge in [-0.2, -0.15) is 4.98 Å². The van der Waals surface area contributed by atoms with Crippen molar-refractivity contribution in [1.82, 2.24) is 15.5 Å². The second kappa shape index (κ2) is 5.43. The zero-order valence-corrected chi connectivity index (χ0v) is 12.4. The summed E-state index contributed by atoms with van der Waals surface area (Å²) in [6, 6.07) is 6.14. The van der Waals surface area contributed by atoms with Crippen molar-refractivity contribution >= 4 is 15.9 Å². The van der Waals surface area contributed by atoms with Gasteiger partial charge in [0.25, 0.3) is 0 Å². The zero-order valence-electron chi connectivity index (χ0n) is 10.8. The number of hydrogen-bond acceptors (Lipinski definition) is 4. The van der Waals surface area contributed by atoms with Crippen molar-refractivity contribution in [3.63, 3.8) is 0 Å². The predicted molar refractivity (Wildman–Crippen MR) is 77.0 cm³/mol. The van der Waals surface area contributed by atoms with E-state index in [-0.39, 0.29) is 0 Å². The molecule has 100 valence electrons. The molecule has 2 heterocycles. The van der Waals surface area contributed by atoms with Crippen LogP contribution in [-0.4, -0.2) is 23.2 Å². The van der Waals surface area contributed by atoms with Gasteiger partial charge in [0.15, 0.2) is 0 Å². The molecule has 19 heavy (non-hydrogen) atoms. The van der Waals surface area contributed by atoms with Crippen LogP contribution in [0.15, 0.2) is 27.2 Å². The Hall–Kier alpha value is -1.20. The van der Waals surface area contributed by atoms with Crippen LogP contribution in [0, 0.1) is 6.92 Å². The van der Waals surface area contributed by atoms with Gasteiger partial charge in [-0.05, 0) is 44.0 Å². The zero-order chi connectivity index (χ0) is 13.2. The Morgan fingerprint density at radius 2 is 2.32 bits per heavy atom. The molecule has 0 saturated carbocycles. The molecule has 1 aromatic heterocycles. The lowest BCUT2D eigenvalue weighted by Gasteiger charge is -2.18. The first-order chi connectivity index (χ1) is 9.24. The molecule has 1 aliphatic rings. The summed E-state index contributed by atoms with van der Waals surface area (Å²) < 4.78 is 6.42. The SMILES string of the molecule is Cc1ccc(-c2noc([C@@H]3CCCNC3)n2)c(Br)c1. The number of piperidine rings is 1. The Labute approximate surface area is 120 Å². The Balaban J connectivity index is 1.87. The average molecular weight is 322 g/mol. The molecule has 5 heteroatoms. The minimum absolute atomic E-state index is 0.347. The minimum atomic E-state index is 0.347. The molecule has 3 rings (SSSR count). The van der Waals surface area contributed by atoms with E-state index < -0.39 is 0 Å². The average Bonchev–Trinajstić information content (AvgIpc) is 2.89. The van der Waals surface area contributed by atoms with Crippen molar-refractivity contribution in [3.05, 3.63) is 34.1 Å². The maximum atomic E-state index is 5.42. The predicted octanol–water partition coefficient (Wildman–Crippen LogP) is 3.27. The van der Waals surface area contributed by atoms with Gasteiger partial charge in [0.2, 0.25) is 11.7 Å². The molecule has 1 saturated heterocycles. The lowest BCUT2D eigenvalue weighted by atomic mass is 10.00. The Morgan fingerprint density at radius 3 is 3.05 bits per heavy atom. The van der Waals surface area contributed by atoms with Gasteiger partial charge in [0.05, 0.1) is 5.92 Å². The highest BCUT2D eigenvalue weighted by Crippen LogP contribution is 2.29. The van der Waals surface area contributed by atoms with Gasteiger partial charge in [-0.3, -0.25) is 0 Å². The van der Waals surface area contributed by atoms with Crippen LogP contribution in [0.25, 0.3) is 11.4 Å². The van der Waals surface area contributed by atoms with Crippen molar-refractivity contribution in [2.24, 2.45) is 0 Å². The molecule has 2 aromatic rings. The third kappa shape index (κ3) is 2.72. The van der Waals surface area contributed by atoms with Crippen molar-refractivity contribution in [2.45, 2.75) is 25.7 Å². The second-order valence-electron chi connectivity index (χ2n) is 4.98. The number of nitrogens with zero attached hydrogens (tertiary/aromatic N) is 2. The quantitative estimate of drug-likeness (QED) is 0.922. The van der Waals surface area contributed by atoms with Crippen LogP contribution in [0.4, 0.5) is 0 Å². The molecule has 0 amide bonds. The van der Waals surface area contributed by atoms with E-state index in [1.165, 1.54) is 5.56 Å². The number of hydrogen-bond donors (Lipinski definition) is 1. The molecule has 0 bridgehead atoms. The summed E-state index contributed by atoms with van der Waals surface area (Å²) in [4.78, 5) is 4.55. The molecule has 1 N–H and O–H groups in total. The van der Waals surface area contributed by atoms with Crippen LogP contribution in [0.3, 0.4) is 0 Å². The fourth-order valence-corrected chi connectivity index (χ4v) is 3.05. The van der Waals surface area contributed by atoms with Gasteiger partial charge in [-0.15, -0.1) is 0 Å². The monoisotopic (exact) mass is 321 g/mol. The van der Waals surface area contributed by atoms with Crippen LogP contribution in [0.2, 0.25) is 0 Å². The summed E-state index contributed by atoms with van der Waals surface area (Å²) in [7, 11) is 0. The van der Waals surface area contributed by atoms with E-state index in [0.29, 0.717) is 11.7 Å². The number of aromatic nitrogens is 2. The standard InChI is InChI=1S/C14H16BrN3O/c1-9-4-5-11(12(15)7-9)13-17-14(19-18-13)10-3-2-6-16-8-10/h4-5,7,10,16H,2-3,6,8H2,1H3/t10-/m1/s1. The number of rotatable bonds is 2. The van der Waals surface area contributed by atoms with Crippen molar-refractivity contribution < 1.29 is 4.52 Å². The van der Waals surface area contributed by atoms with E-state index in [1.807, 2.05) is 6.07 Å². The molecule has 0 spiro atoms. The highest BCUT2D eigenvalue weighted by molar-refractivity contribution is 9.10. The molecule has 4 nitrogen and oxygen atoms in total. The molecule has 1 atom stereocenters. The third-order valence-corrected chi connectivity index (χ3v) is 4.11. The van der Waals surface area contributed by atoms with E-state index in [2.05, 4.69) is 50.4 Å². The van der Waals surface area contributed by atoms with Crippen molar-refractivity contribution in [1.29, 1.82) is 0 Å². The Kier molecular flexibility index (Phi) is 3.66. The molecule has 0 unspecified atom stereocenters. The van der Waals surface area contributed by atoms with Crippen LogP contribution in [0.5, 0.6) is 0 Å². The van der Waals surface area contributed by atoms with Crippen LogP contribution >= 0.6 is 15.9 Å². The van der Waals surface area contributed by atoms with E-state index >= 15 is 0 Å². The molecule has 1 aromatic carbocycles. The third-order valence-electron chi connectivity index (χ3n) is 3.45. The molecular formula is C14H16BrN3O. The van der Waals surface area contributed by atoms with Crippen LogP contribution in [0.1, 0.15) is 30.2 Å². The lowest BCUT2D eigenvalue weighted by Crippen LogP contribution is -2.28. The molecule has 1 aliphatic heterocycles. The van der Waals surface area contributed by atoms with Crippen LogP contribution in [-0.2, 0) is 0 Å². The van der Waals surface area contributed by atoms with Gasteiger partial charge in [0, 0.05) is 16.6 Å². The second-order valence-corrected chi connectivity index (χ2v) is 5.84. The highest BCUT2D eigenvalue weighted by atomic mass is 79.9. The smallest absolute Gasteiger partial charge is 0.231 e. The number of halogens is 1. The normalized spacial score (nSPS) is 19.6. The summed E-state index contributed by atoms with van der Waals surface area (Å²) in [6.45, 7) is 4.07. The molecule has 0 radical (unpaired) electrons. The fourth-order valence-electron chi connectivity index (χ4n) is 2.37. The largest absolute Gasteiger partial charge is 0.339 e.